The molecule has 0 aromatic heterocycles. The summed E-state index contributed by atoms with van der Waals surface area (Å²) in [6.07, 6.45) is 1.83. The summed E-state index contributed by atoms with van der Waals surface area (Å²) in [7, 11) is 1.87. The molecule has 21 heavy (non-hydrogen) atoms. The van der Waals surface area contributed by atoms with Gasteiger partial charge in [-0.05, 0) is 38.4 Å². The molecule has 116 valence electrons. The van der Waals surface area contributed by atoms with E-state index in [0.717, 1.165) is 31.7 Å². The Balaban J connectivity index is 1.82. The van der Waals surface area contributed by atoms with Gasteiger partial charge in [0.2, 0.25) is 5.91 Å². The number of aryl methyl sites for hydroxylation is 1. The molecule has 1 heterocycles. The molecule has 1 atom stereocenters. The van der Waals surface area contributed by atoms with Crippen molar-refractivity contribution in [1.29, 1.82) is 0 Å². The maximum Gasteiger partial charge on any atom is 0.229 e. The maximum atomic E-state index is 12.6. The molecule has 0 bridgehead atoms. The van der Waals surface area contributed by atoms with Crippen molar-refractivity contribution in [1.82, 2.24) is 10.2 Å². The van der Waals surface area contributed by atoms with Crippen LogP contribution < -0.4 is 10.1 Å². The first-order valence-electron chi connectivity index (χ1n) is 7.73. The smallest absolute Gasteiger partial charge is 0.229 e. The fraction of sp³-hybridized carbons (Fsp3) is 0.588. The van der Waals surface area contributed by atoms with E-state index < -0.39 is 0 Å². The number of ether oxygens (including phenoxy) is 1. The number of likely N-dealkylation sites (N-methyl/N-ethyl adjacent to an activating group) is 1. The third-order valence-electron chi connectivity index (χ3n) is 4.44. The van der Waals surface area contributed by atoms with Crippen LogP contribution in [0.15, 0.2) is 24.3 Å². The minimum atomic E-state index is -0.210. The van der Waals surface area contributed by atoms with E-state index in [9.17, 15) is 4.79 Å². The lowest BCUT2D eigenvalue weighted by Gasteiger charge is -2.30. The fourth-order valence-corrected chi connectivity index (χ4v) is 2.82. The van der Waals surface area contributed by atoms with Gasteiger partial charge in [0, 0.05) is 13.6 Å². The van der Waals surface area contributed by atoms with Crippen molar-refractivity contribution < 1.29 is 9.53 Å². The molecule has 0 saturated carbocycles. The van der Waals surface area contributed by atoms with Crippen molar-refractivity contribution in [3.63, 3.8) is 0 Å². The predicted octanol–water partition coefficient (Wildman–Crippen LogP) is 2.22. The summed E-state index contributed by atoms with van der Waals surface area (Å²) in [5, 5.41) is 3.31. The van der Waals surface area contributed by atoms with Crippen molar-refractivity contribution >= 4 is 5.91 Å². The Morgan fingerprint density at radius 2 is 2.10 bits per heavy atom. The van der Waals surface area contributed by atoms with E-state index >= 15 is 0 Å². The molecule has 4 heteroatoms. The van der Waals surface area contributed by atoms with Gasteiger partial charge in [-0.2, -0.15) is 0 Å². The van der Waals surface area contributed by atoms with Crippen LogP contribution in [0.1, 0.15) is 25.3 Å². The Morgan fingerprint density at radius 3 is 2.67 bits per heavy atom. The van der Waals surface area contributed by atoms with Gasteiger partial charge in [0.15, 0.2) is 0 Å². The highest BCUT2D eigenvalue weighted by Gasteiger charge is 2.40. The molecule has 0 spiro atoms. The second kappa shape index (κ2) is 6.94. The molecule has 1 aliphatic heterocycles. The molecular formula is C17H26N2O2. The Bertz CT molecular complexity index is 464. The van der Waals surface area contributed by atoms with Crippen molar-refractivity contribution in [2.24, 2.45) is 5.41 Å². The van der Waals surface area contributed by atoms with Gasteiger partial charge in [0.05, 0.1) is 12.0 Å². The lowest BCUT2D eigenvalue weighted by Crippen LogP contribution is -2.44. The molecular weight excluding hydrogens is 264 g/mol. The van der Waals surface area contributed by atoms with E-state index in [1.165, 1.54) is 5.56 Å². The number of carbonyl (C=O) groups is 1. The summed E-state index contributed by atoms with van der Waals surface area (Å²) in [6, 6.07) is 7.98. The van der Waals surface area contributed by atoms with Crippen LogP contribution in [-0.2, 0) is 4.79 Å². The monoisotopic (exact) mass is 290 g/mol. The molecule has 1 aromatic rings. The average Bonchev–Trinajstić information content (AvgIpc) is 2.98. The van der Waals surface area contributed by atoms with Crippen molar-refractivity contribution in [2.75, 3.05) is 33.3 Å². The average molecular weight is 290 g/mol. The van der Waals surface area contributed by atoms with Gasteiger partial charge in [0.1, 0.15) is 12.4 Å². The van der Waals surface area contributed by atoms with Crippen LogP contribution in [0.5, 0.6) is 5.75 Å². The van der Waals surface area contributed by atoms with Gasteiger partial charge in [-0.25, -0.2) is 0 Å². The normalized spacial score (nSPS) is 21.3. The lowest BCUT2D eigenvalue weighted by molar-refractivity contribution is -0.140. The van der Waals surface area contributed by atoms with Crippen LogP contribution in [0.2, 0.25) is 0 Å². The molecule has 4 nitrogen and oxygen atoms in total. The Kier molecular flexibility index (Phi) is 5.23. The number of amides is 1. The molecule has 1 aliphatic rings. The molecule has 1 N–H and O–H groups in total. The molecule has 1 unspecified atom stereocenters. The van der Waals surface area contributed by atoms with Gasteiger partial charge in [-0.15, -0.1) is 0 Å². The zero-order chi connectivity index (χ0) is 15.3. The number of hydrogen-bond donors (Lipinski definition) is 1. The standard InChI is InChI=1S/C17H26N2O2/c1-4-17(9-10-18-13-17)16(20)19(3)11-12-21-15-7-5-14(2)6-8-15/h5-8,18H,4,9-13H2,1-3H3. The largest absolute Gasteiger partial charge is 0.492 e. The zero-order valence-corrected chi connectivity index (χ0v) is 13.3. The van der Waals surface area contributed by atoms with Crippen LogP contribution in [0.25, 0.3) is 0 Å². The molecule has 1 saturated heterocycles. The van der Waals surface area contributed by atoms with Gasteiger partial charge in [-0.3, -0.25) is 4.79 Å². The molecule has 1 amide bonds. The Labute approximate surface area is 127 Å². The summed E-state index contributed by atoms with van der Waals surface area (Å²) in [5.74, 6) is 1.09. The van der Waals surface area contributed by atoms with E-state index in [1.807, 2.05) is 36.2 Å². The highest BCUT2D eigenvalue weighted by atomic mass is 16.5. The summed E-state index contributed by atoms with van der Waals surface area (Å²) >= 11 is 0. The summed E-state index contributed by atoms with van der Waals surface area (Å²) in [6.45, 7) is 7.03. The van der Waals surface area contributed by atoms with Gasteiger partial charge in [0.25, 0.3) is 0 Å². The topological polar surface area (TPSA) is 41.6 Å². The lowest BCUT2D eigenvalue weighted by atomic mass is 9.83. The quantitative estimate of drug-likeness (QED) is 0.873. The molecule has 0 aliphatic carbocycles. The number of carbonyl (C=O) groups excluding carboxylic acids is 1. The van der Waals surface area contributed by atoms with Crippen molar-refractivity contribution in [3.05, 3.63) is 29.8 Å². The molecule has 0 radical (unpaired) electrons. The van der Waals surface area contributed by atoms with Crippen LogP contribution in [0.4, 0.5) is 0 Å². The van der Waals surface area contributed by atoms with Crippen LogP contribution in [0, 0.1) is 12.3 Å². The van der Waals surface area contributed by atoms with Crippen LogP contribution in [-0.4, -0.2) is 44.1 Å². The van der Waals surface area contributed by atoms with E-state index in [1.54, 1.807) is 0 Å². The summed E-state index contributed by atoms with van der Waals surface area (Å²) in [5.41, 5.74) is 1.01. The number of rotatable bonds is 6. The minimum Gasteiger partial charge on any atom is -0.492 e. The van der Waals surface area contributed by atoms with Gasteiger partial charge < -0.3 is 15.0 Å². The van der Waals surface area contributed by atoms with E-state index in [-0.39, 0.29) is 11.3 Å². The third-order valence-corrected chi connectivity index (χ3v) is 4.44. The first-order chi connectivity index (χ1) is 10.1. The Morgan fingerprint density at radius 1 is 1.38 bits per heavy atom. The molecule has 2 rings (SSSR count). The molecule has 1 aromatic carbocycles. The predicted molar refractivity (Wildman–Crippen MR) is 84.5 cm³/mol. The number of nitrogens with zero attached hydrogens (tertiary/aromatic N) is 1. The number of nitrogens with one attached hydrogen (secondary N) is 1. The Hall–Kier alpha value is -1.55. The maximum absolute atomic E-state index is 12.6. The van der Waals surface area contributed by atoms with E-state index in [4.69, 9.17) is 4.74 Å². The second-order valence-corrected chi connectivity index (χ2v) is 5.95. The van der Waals surface area contributed by atoms with E-state index in [2.05, 4.69) is 19.2 Å². The summed E-state index contributed by atoms with van der Waals surface area (Å²) in [4.78, 5) is 14.4. The van der Waals surface area contributed by atoms with Crippen LogP contribution in [0.3, 0.4) is 0 Å². The first-order valence-corrected chi connectivity index (χ1v) is 7.73. The molecule has 1 fully saturated rings. The highest BCUT2D eigenvalue weighted by Crippen LogP contribution is 2.31. The van der Waals surface area contributed by atoms with Gasteiger partial charge >= 0.3 is 0 Å². The zero-order valence-electron chi connectivity index (χ0n) is 13.3. The van der Waals surface area contributed by atoms with Crippen molar-refractivity contribution in [3.8, 4) is 5.75 Å². The summed E-state index contributed by atoms with van der Waals surface area (Å²) < 4.78 is 5.70. The van der Waals surface area contributed by atoms with Crippen LogP contribution >= 0.6 is 0 Å². The number of benzene rings is 1. The van der Waals surface area contributed by atoms with E-state index in [0.29, 0.717) is 13.2 Å². The second-order valence-electron chi connectivity index (χ2n) is 5.95. The minimum absolute atomic E-state index is 0.210. The third kappa shape index (κ3) is 3.76. The first kappa shape index (κ1) is 15.8. The SMILES string of the molecule is CCC1(C(=O)N(C)CCOc2ccc(C)cc2)CCNC1. The van der Waals surface area contributed by atoms with Gasteiger partial charge in [-0.1, -0.05) is 24.6 Å². The number of hydrogen-bond acceptors (Lipinski definition) is 3. The highest BCUT2D eigenvalue weighted by molar-refractivity contribution is 5.83. The fourth-order valence-electron chi connectivity index (χ4n) is 2.82. The van der Waals surface area contributed by atoms with Crippen molar-refractivity contribution in [2.45, 2.75) is 26.7 Å².